The molecule has 2 rings (SSSR count). The molecule has 1 aliphatic rings. The summed E-state index contributed by atoms with van der Waals surface area (Å²) < 4.78 is 31.1. The lowest BCUT2D eigenvalue weighted by molar-refractivity contribution is -0.147. The number of sulfonamides is 1. The predicted octanol–water partition coefficient (Wildman–Crippen LogP) is 1.02. The molecular weight excluding hydrogens is 348 g/mol. The van der Waals surface area contributed by atoms with E-state index in [1.165, 1.54) is 51.2 Å². The maximum atomic E-state index is 12.8. The van der Waals surface area contributed by atoms with Crippen LogP contribution in [0.2, 0.25) is 0 Å². The number of carboxylic acids is 1. The number of ether oxygens (including phenoxy) is 1. The molecule has 1 saturated heterocycles. The van der Waals surface area contributed by atoms with Gasteiger partial charge in [-0.2, -0.15) is 0 Å². The summed E-state index contributed by atoms with van der Waals surface area (Å²) >= 11 is 0. The minimum absolute atomic E-state index is 0.107. The van der Waals surface area contributed by atoms with Crippen molar-refractivity contribution in [3.63, 3.8) is 0 Å². The Morgan fingerprint density at radius 3 is 2.48 bits per heavy atom. The Morgan fingerprint density at radius 1 is 1.32 bits per heavy atom. The molecule has 25 heavy (non-hydrogen) atoms. The molecule has 1 atom stereocenters. The van der Waals surface area contributed by atoms with Crippen LogP contribution in [0, 0.1) is 0 Å². The number of carbonyl (C=O) groups excluding carboxylic acids is 1. The summed E-state index contributed by atoms with van der Waals surface area (Å²) in [5.41, 5.74) is -1.19. The number of carbonyl (C=O) groups is 2. The van der Waals surface area contributed by atoms with Crippen LogP contribution < -0.4 is 4.74 Å². The highest BCUT2D eigenvalue weighted by Gasteiger charge is 2.46. The van der Waals surface area contributed by atoms with Gasteiger partial charge in [0.1, 0.15) is 16.2 Å². The number of rotatable bonds is 5. The van der Waals surface area contributed by atoms with E-state index in [1.54, 1.807) is 0 Å². The highest BCUT2D eigenvalue weighted by atomic mass is 32.2. The number of hydrogen-bond donors (Lipinski definition) is 1. The molecule has 1 aromatic carbocycles. The Bertz CT molecular complexity index is 805. The van der Waals surface area contributed by atoms with Crippen LogP contribution in [0.4, 0.5) is 0 Å². The van der Waals surface area contributed by atoms with Crippen molar-refractivity contribution in [3.05, 3.63) is 23.8 Å². The first-order valence-electron chi connectivity index (χ1n) is 7.71. The molecule has 1 N–H and O–H groups in total. The van der Waals surface area contributed by atoms with E-state index in [1.807, 2.05) is 0 Å². The van der Waals surface area contributed by atoms with Crippen LogP contribution in [0.15, 0.2) is 23.1 Å². The first kappa shape index (κ1) is 19.2. The van der Waals surface area contributed by atoms with Gasteiger partial charge in [-0.1, -0.05) is 0 Å². The largest absolute Gasteiger partial charge is 0.495 e. The van der Waals surface area contributed by atoms with Gasteiger partial charge in [-0.25, -0.2) is 17.5 Å². The minimum Gasteiger partial charge on any atom is -0.495 e. The molecule has 1 unspecified atom stereocenters. The van der Waals surface area contributed by atoms with Gasteiger partial charge in [-0.15, -0.1) is 0 Å². The second kappa shape index (κ2) is 6.64. The molecule has 1 amide bonds. The average Bonchev–Trinajstić information content (AvgIpc) is 2.96. The first-order chi connectivity index (χ1) is 11.6. The maximum Gasteiger partial charge on any atom is 0.329 e. The van der Waals surface area contributed by atoms with Crippen LogP contribution in [-0.2, 0) is 14.8 Å². The van der Waals surface area contributed by atoms with E-state index in [0.29, 0.717) is 19.4 Å². The number of methoxy groups -OCH3 is 1. The van der Waals surface area contributed by atoms with Gasteiger partial charge in [0.05, 0.1) is 7.11 Å². The van der Waals surface area contributed by atoms with Crippen LogP contribution in [0.1, 0.15) is 30.1 Å². The molecule has 1 fully saturated rings. The van der Waals surface area contributed by atoms with E-state index >= 15 is 0 Å². The third-order valence-electron chi connectivity index (χ3n) is 4.52. The molecule has 0 radical (unpaired) electrons. The Morgan fingerprint density at radius 2 is 1.96 bits per heavy atom. The molecule has 1 aliphatic heterocycles. The number of likely N-dealkylation sites (tertiary alicyclic amines) is 1. The van der Waals surface area contributed by atoms with Gasteiger partial charge >= 0.3 is 5.97 Å². The SMILES string of the molecule is COc1ccc(C(=O)N2CCCC2(C)C(=O)O)cc1S(=O)(=O)N(C)C. The molecule has 0 spiro atoms. The Labute approximate surface area is 147 Å². The van der Waals surface area contributed by atoms with Crippen LogP contribution in [-0.4, -0.2) is 67.9 Å². The van der Waals surface area contributed by atoms with Crippen molar-refractivity contribution in [1.29, 1.82) is 0 Å². The van der Waals surface area contributed by atoms with Gasteiger partial charge < -0.3 is 14.7 Å². The van der Waals surface area contributed by atoms with E-state index < -0.39 is 27.4 Å². The zero-order valence-electron chi connectivity index (χ0n) is 14.6. The molecule has 0 saturated carbocycles. The smallest absolute Gasteiger partial charge is 0.329 e. The van der Waals surface area contributed by atoms with Crippen molar-refractivity contribution >= 4 is 21.9 Å². The number of hydrogen-bond acceptors (Lipinski definition) is 5. The Balaban J connectivity index is 2.51. The summed E-state index contributed by atoms with van der Waals surface area (Å²) in [6.07, 6.45) is 0.931. The summed E-state index contributed by atoms with van der Waals surface area (Å²) in [7, 11) is 0.278. The van der Waals surface area contributed by atoms with Crippen LogP contribution in [0.3, 0.4) is 0 Å². The van der Waals surface area contributed by atoms with Gasteiger partial charge in [0.2, 0.25) is 10.0 Å². The molecular formula is C16H22N2O6S. The van der Waals surface area contributed by atoms with Crippen molar-refractivity contribution in [3.8, 4) is 5.75 Å². The molecule has 0 aliphatic carbocycles. The molecule has 9 heteroatoms. The monoisotopic (exact) mass is 370 g/mol. The zero-order valence-corrected chi connectivity index (χ0v) is 15.5. The lowest BCUT2D eigenvalue weighted by atomic mass is 9.98. The average molecular weight is 370 g/mol. The van der Waals surface area contributed by atoms with Crippen molar-refractivity contribution in [2.24, 2.45) is 0 Å². The molecule has 8 nitrogen and oxygen atoms in total. The van der Waals surface area contributed by atoms with Crippen LogP contribution >= 0.6 is 0 Å². The van der Waals surface area contributed by atoms with E-state index in [-0.39, 0.29) is 16.2 Å². The number of benzene rings is 1. The number of carboxylic acid groups (broad SMARTS) is 1. The number of nitrogens with zero attached hydrogens (tertiary/aromatic N) is 2. The number of amides is 1. The van der Waals surface area contributed by atoms with Crippen molar-refractivity contribution < 1.29 is 27.9 Å². The van der Waals surface area contributed by atoms with Gasteiger partial charge in [0, 0.05) is 26.2 Å². The van der Waals surface area contributed by atoms with Crippen LogP contribution in [0.25, 0.3) is 0 Å². The molecule has 1 aromatic rings. The van der Waals surface area contributed by atoms with Gasteiger partial charge in [-0.3, -0.25) is 4.79 Å². The summed E-state index contributed by atoms with van der Waals surface area (Å²) in [6.45, 7) is 1.81. The molecule has 138 valence electrons. The second-order valence-electron chi connectivity index (χ2n) is 6.29. The fraction of sp³-hybridized carbons (Fsp3) is 0.500. The van der Waals surface area contributed by atoms with Crippen molar-refractivity contribution in [2.75, 3.05) is 27.7 Å². The Kier molecular flexibility index (Phi) is 5.10. The quantitative estimate of drug-likeness (QED) is 0.830. The van der Waals surface area contributed by atoms with Crippen LogP contribution in [0.5, 0.6) is 5.75 Å². The minimum atomic E-state index is -3.82. The summed E-state index contributed by atoms with van der Waals surface area (Å²) in [4.78, 5) is 25.5. The molecule has 1 heterocycles. The van der Waals surface area contributed by atoms with Gasteiger partial charge in [0.15, 0.2) is 0 Å². The topological polar surface area (TPSA) is 104 Å². The lowest BCUT2D eigenvalue weighted by Crippen LogP contribution is -2.50. The van der Waals surface area contributed by atoms with Crippen molar-refractivity contribution in [2.45, 2.75) is 30.2 Å². The summed E-state index contributed by atoms with van der Waals surface area (Å²) in [5.74, 6) is -1.47. The van der Waals surface area contributed by atoms with E-state index in [4.69, 9.17) is 4.74 Å². The van der Waals surface area contributed by atoms with E-state index in [0.717, 1.165) is 4.31 Å². The molecule has 0 bridgehead atoms. The predicted molar refractivity (Wildman–Crippen MR) is 90.2 cm³/mol. The lowest BCUT2D eigenvalue weighted by Gasteiger charge is -2.31. The summed E-state index contributed by atoms with van der Waals surface area (Å²) in [5, 5.41) is 9.46. The van der Waals surface area contributed by atoms with Gasteiger partial charge in [0.25, 0.3) is 5.91 Å². The number of aliphatic carboxylic acids is 1. The fourth-order valence-electron chi connectivity index (χ4n) is 2.88. The zero-order chi connectivity index (χ0) is 19.0. The van der Waals surface area contributed by atoms with Gasteiger partial charge in [-0.05, 0) is 38.0 Å². The third-order valence-corrected chi connectivity index (χ3v) is 6.35. The van der Waals surface area contributed by atoms with E-state index in [9.17, 15) is 23.1 Å². The Hall–Kier alpha value is -2.13. The normalized spacial score (nSPS) is 20.8. The first-order valence-corrected chi connectivity index (χ1v) is 9.15. The van der Waals surface area contributed by atoms with E-state index in [2.05, 4.69) is 0 Å². The molecule has 0 aromatic heterocycles. The highest BCUT2D eigenvalue weighted by Crippen LogP contribution is 2.33. The summed E-state index contributed by atoms with van der Waals surface area (Å²) in [6, 6.07) is 4.07. The maximum absolute atomic E-state index is 12.8. The standard InChI is InChI=1S/C16H22N2O6S/c1-16(15(20)21)8-5-9-18(16)14(19)11-6-7-12(24-4)13(10-11)25(22,23)17(2)3/h6-7,10H,5,8-9H2,1-4H3,(H,20,21). The second-order valence-corrected chi connectivity index (χ2v) is 8.41. The highest BCUT2D eigenvalue weighted by molar-refractivity contribution is 7.89. The van der Waals surface area contributed by atoms with Crippen molar-refractivity contribution in [1.82, 2.24) is 9.21 Å². The third kappa shape index (κ3) is 3.21. The fourth-order valence-corrected chi connectivity index (χ4v) is 3.95.